The summed E-state index contributed by atoms with van der Waals surface area (Å²) < 4.78 is 13.4. The predicted molar refractivity (Wildman–Crippen MR) is 79.2 cm³/mol. The van der Waals surface area contributed by atoms with E-state index < -0.39 is 0 Å². The van der Waals surface area contributed by atoms with Gasteiger partial charge in [-0.1, -0.05) is 19.9 Å². The molecule has 1 aliphatic rings. The van der Waals surface area contributed by atoms with E-state index in [0.29, 0.717) is 29.6 Å². The second kappa shape index (κ2) is 6.35. The van der Waals surface area contributed by atoms with Crippen molar-refractivity contribution in [3.63, 3.8) is 0 Å². The third-order valence-electron chi connectivity index (χ3n) is 3.77. The van der Waals surface area contributed by atoms with Gasteiger partial charge in [0.05, 0.1) is 6.54 Å². The summed E-state index contributed by atoms with van der Waals surface area (Å²) in [6.07, 6.45) is 1.22. The molecule has 1 fully saturated rings. The highest BCUT2D eigenvalue weighted by Gasteiger charge is 2.23. The van der Waals surface area contributed by atoms with Crippen LogP contribution in [-0.4, -0.2) is 30.4 Å². The smallest absolute Gasteiger partial charge is 0.238 e. The molecular weight excluding hydrogens is 255 g/mol. The standard InChI is InChI=1S/C16H23FN2O/c1-11-6-12(2)9-19(8-11)10-16(20)18-14-5-4-13(3)15(17)7-14/h4-5,7,11-12H,6,8-10H2,1-3H3,(H,18,20). The number of hydrogen-bond donors (Lipinski definition) is 1. The van der Waals surface area contributed by atoms with Gasteiger partial charge in [-0.25, -0.2) is 4.39 Å². The number of aryl methyl sites for hydroxylation is 1. The zero-order valence-corrected chi connectivity index (χ0v) is 12.4. The van der Waals surface area contributed by atoms with E-state index in [1.807, 2.05) is 0 Å². The maximum atomic E-state index is 13.4. The lowest BCUT2D eigenvalue weighted by atomic mass is 9.92. The number of carbonyl (C=O) groups is 1. The Morgan fingerprint density at radius 3 is 2.60 bits per heavy atom. The predicted octanol–water partition coefficient (Wildman–Crippen LogP) is 3.05. The van der Waals surface area contributed by atoms with Gasteiger partial charge < -0.3 is 5.32 Å². The second-order valence-electron chi connectivity index (χ2n) is 6.15. The lowest BCUT2D eigenvalue weighted by Crippen LogP contribution is -2.42. The monoisotopic (exact) mass is 278 g/mol. The number of rotatable bonds is 3. The van der Waals surface area contributed by atoms with Crippen LogP contribution in [0.15, 0.2) is 18.2 Å². The van der Waals surface area contributed by atoms with E-state index in [1.54, 1.807) is 19.1 Å². The number of carbonyl (C=O) groups excluding carboxylic acids is 1. The van der Waals surface area contributed by atoms with Crippen molar-refractivity contribution in [1.82, 2.24) is 4.90 Å². The van der Waals surface area contributed by atoms with Crippen LogP contribution in [-0.2, 0) is 4.79 Å². The summed E-state index contributed by atoms with van der Waals surface area (Å²) >= 11 is 0. The summed E-state index contributed by atoms with van der Waals surface area (Å²) in [5.74, 6) is 0.893. The topological polar surface area (TPSA) is 32.3 Å². The first kappa shape index (κ1) is 15.0. The highest BCUT2D eigenvalue weighted by Crippen LogP contribution is 2.20. The molecule has 110 valence electrons. The quantitative estimate of drug-likeness (QED) is 0.921. The van der Waals surface area contributed by atoms with E-state index in [2.05, 4.69) is 24.1 Å². The van der Waals surface area contributed by atoms with Crippen LogP contribution >= 0.6 is 0 Å². The van der Waals surface area contributed by atoms with E-state index in [4.69, 9.17) is 0 Å². The molecule has 0 spiro atoms. The van der Waals surface area contributed by atoms with Crippen LogP contribution < -0.4 is 5.32 Å². The normalized spacial score (nSPS) is 23.6. The fourth-order valence-corrected chi connectivity index (χ4v) is 3.00. The summed E-state index contributed by atoms with van der Waals surface area (Å²) in [4.78, 5) is 14.2. The Bertz CT molecular complexity index is 479. The Labute approximate surface area is 120 Å². The van der Waals surface area contributed by atoms with Crippen molar-refractivity contribution < 1.29 is 9.18 Å². The minimum atomic E-state index is -0.289. The third-order valence-corrected chi connectivity index (χ3v) is 3.77. The fraction of sp³-hybridized carbons (Fsp3) is 0.562. The van der Waals surface area contributed by atoms with Gasteiger partial charge >= 0.3 is 0 Å². The molecule has 1 aromatic carbocycles. The van der Waals surface area contributed by atoms with Gasteiger partial charge in [0.2, 0.25) is 5.91 Å². The van der Waals surface area contributed by atoms with Crippen LogP contribution in [0, 0.1) is 24.6 Å². The van der Waals surface area contributed by atoms with E-state index in [-0.39, 0.29) is 11.7 Å². The number of nitrogens with one attached hydrogen (secondary N) is 1. The van der Waals surface area contributed by atoms with Gasteiger partial charge in [0, 0.05) is 18.8 Å². The lowest BCUT2D eigenvalue weighted by Gasteiger charge is -2.34. The summed E-state index contributed by atoms with van der Waals surface area (Å²) in [5, 5.41) is 2.77. The van der Waals surface area contributed by atoms with Crippen molar-refractivity contribution in [1.29, 1.82) is 0 Å². The number of hydrogen-bond acceptors (Lipinski definition) is 2. The average Bonchev–Trinajstić information content (AvgIpc) is 2.32. The van der Waals surface area contributed by atoms with Crippen LogP contribution in [0.25, 0.3) is 0 Å². The molecule has 1 heterocycles. The number of nitrogens with zero attached hydrogens (tertiary/aromatic N) is 1. The van der Waals surface area contributed by atoms with Gasteiger partial charge in [-0.3, -0.25) is 9.69 Å². The first-order valence-electron chi connectivity index (χ1n) is 7.22. The molecular formula is C16H23FN2O. The van der Waals surface area contributed by atoms with Crippen LogP contribution in [0.1, 0.15) is 25.8 Å². The highest BCUT2D eigenvalue weighted by atomic mass is 19.1. The van der Waals surface area contributed by atoms with Crippen molar-refractivity contribution in [2.45, 2.75) is 27.2 Å². The third kappa shape index (κ3) is 4.04. The maximum absolute atomic E-state index is 13.4. The molecule has 0 radical (unpaired) electrons. The van der Waals surface area contributed by atoms with Crippen molar-refractivity contribution in [2.75, 3.05) is 25.0 Å². The molecule has 3 nitrogen and oxygen atoms in total. The summed E-state index contributed by atoms with van der Waals surface area (Å²) in [6.45, 7) is 8.44. The summed E-state index contributed by atoms with van der Waals surface area (Å²) in [5.41, 5.74) is 1.11. The number of halogens is 1. The number of amides is 1. The average molecular weight is 278 g/mol. The van der Waals surface area contributed by atoms with Gasteiger partial charge in [-0.2, -0.15) is 0 Å². The number of likely N-dealkylation sites (tertiary alicyclic amines) is 1. The molecule has 2 rings (SSSR count). The maximum Gasteiger partial charge on any atom is 0.238 e. The Hall–Kier alpha value is -1.42. The first-order valence-corrected chi connectivity index (χ1v) is 7.22. The molecule has 0 bridgehead atoms. The molecule has 1 N–H and O–H groups in total. The number of benzene rings is 1. The molecule has 1 amide bonds. The Morgan fingerprint density at radius 2 is 2.00 bits per heavy atom. The van der Waals surface area contributed by atoms with E-state index in [1.165, 1.54) is 12.5 Å². The Morgan fingerprint density at radius 1 is 1.35 bits per heavy atom. The molecule has 1 aliphatic heterocycles. The Kier molecular flexibility index (Phi) is 4.76. The first-order chi connectivity index (χ1) is 9.44. The van der Waals surface area contributed by atoms with E-state index in [0.717, 1.165) is 13.1 Å². The molecule has 2 unspecified atom stereocenters. The summed E-state index contributed by atoms with van der Waals surface area (Å²) in [6, 6.07) is 4.78. The molecule has 0 aliphatic carbocycles. The second-order valence-corrected chi connectivity index (χ2v) is 6.15. The molecule has 0 aromatic heterocycles. The molecule has 2 atom stereocenters. The highest BCUT2D eigenvalue weighted by molar-refractivity contribution is 5.92. The molecule has 20 heavy (non-hydrogen) atoms. The molecule has 4 heteroatoms. The molecule has 0 saturated carbocycles. The van der Waals surface area contributed by atoms with Crippen LogP contribution in [0.2, 0.25) is 0 Å². The van der Waals surface area contributed by atoms with Crippen molar-refractivity contribution in [3.8, 4) is 0 Å². The van der Waals surface area contributed by atoms with Gasteiger partial charge in [-0.05, 0) is 42.9 Å². The van der Waals surface area contributed by atoms with Gasteiger partial charge in [0.25, 0.3) is 0 Å². The van der Waals surface area contributed by atoms with Crippen LogP contribution in [0.5, 0.6) is 0 Å². The summed E-state index contributed by atoms with van der Waals surface area (Å²) in [7, 11) is 0. The van der Waals surface area contributed by atoms with Crippen molar-refractivity contribution >= 4 is 11.6 Å². The zero-order chi connectivity index (χ0) is 14.7. The fourth-order valence-electron chi connectivity index (χ4n) is 3.00. The van der Waals surface area contributed by atoms with Gasteiger partial charge in [-0.15, -0.1) is 0 Å². The zero-order valence-electron chi connectivity index (χ0n) is 12.4. The van der Waals surface area contributed by atoms with Crippen molar-refractivity contribution in [3.05, 3.63) is 29.6 Å². The number of anilines is 1. The van der Waals surface area contributed by atoms with Crippen LogP contribution in [0.4, 0.5) is 10.1 Å². The van der Waals surface area contributed by atoms with E-state index >= 15 is 0 Å². The van der Waals surface area contributed by atoms with Crippen molar-refractivity contribution in [2.24, 2.45) is 11.8 Å². The Balaban J connectivity index is 1.90. The van der Waals surface area contributed by atoms with Gasteiger partial charge in [0.1, 0.15) is 5.82 Å². The molecule has 1 aromatic rings. The SMILES string of the molecule is Cc1ccc(NC(=O)CN2CC(C)CC(C)C2)cc1F. The van der Waals surface area contributed by atoms with E-state index in [9.17, 15) is 9.18 Å². The minimum absolute atomic E-state index is 0.0745. The van der Waals surface area contributed by atoms with Crippen LogP contribution in [0.3, 0.4) is 0 Å². The minimum Gasteiger partial charge on any atom is -0.325 e. The molecule has 1 saturated heterocycles. The number of piperidine rings is 1. The lowest BCUT2D eigenvalue weighted by molar-refractivity contribution is -0.117. The van der Waals surface area contributed by atoms with Gasteiger partial charge in [0.15, 0.2) is 0 Å². The largest absolute Gasteiger partial charge is 0.325 e.